The Balaban J connectivity index is 1.62. The van der Waals surface area contributed by atoms with Crippen LogP contribution in [0.3, 0.4) is 0 Å². The molecular formula is C23H28N2O4. The number of carbonyl (C=O) groups excluding carboxylic acids is 2. The van der Waals surface area contributed by atoms with Gasteiger partial charge >= 0.3 is 0 Å². The molecule has 2 amide bonds. The Morgan fingerprint density at radius 3 is 2.59 bits per heavy atom. The number of benzene rings is 2. The molecule has 1 aliphatic heterocycles. The lowest BCUT2D eigenvalue weighted by atomic mass is 10.1. The number of para-hydroxylation sites is 1. The molecule has 2 unspecified atom stereocenters. The standard InChI is InChI=1S/C23H28N2O4/c1-15-11-16(2)13-19(12-15)29-17(3)22(26)25-21-9-5-4-8-20(21)23(27)24-14-18-7-6-10-28-18/h4-5,8-9,11-13,17-18H,6-7,10,14H2,1-3H3,(H,24,27)(H,25,26). The van der Waals surface area contributed by atoms with E-state index in [1.165, 1.54) is 0 Å². The fraction of sp³-hybridized carbons (Fsp3) is 0.391. The van der Waals surface area contributed by atoms with Crippen molar-refractivity contribution in [2.45, 2.75) is 45.8 Å². The Hall–Kier alpha value is -2.86. The summed E-state index contributed by atoms with van der Waals surface area (Å²) in [5.41, 5.74) is 3.01. The summed E-state index contributed by atoms with van der Waals surface area (Å²) in [7, 11) is 0. The van der Waals surface area contributed by atoms with Gasteiger partial charge in [0.25, 0.3) is 11.8 Å². The fourth-order valence-electron chi connectivity index (χ4n) is 3.39. The van der Waals surface area contributed by atoms with Gasteiger partial charge in [-0.3, -0.25) is 9.59 Å². The SMILES string of the molecule is Cc1cc(C)cc(OC(C)C(=O)Nc2ccccc2C(=O)NCC2CCCO2)c1. The zero-order valence-electron chi connectivity index (χ0n) is 17.2. The third-order valence-corrected chi connectivity index (χ3v) is 4.82. The van der Waals surface area contributed by atoms with E-state index >= 15 is 0 Å². The third kappa shape index (κ3) is 5.81. The van der Waals surface area contributed by atoms with E-state index in [-0.39, 0.29) is 17.9 Å². The van der Waals surface area contributed by atoms with Crippen molar-refractivity contribution >= 4 is 17.5 Å². The first-order valence-electron chi connectivity index (χ1n) is 9.97. The van der Waals surface area contributed by atoms with Gasteiger partial charge in [-0.2, -0.15) is 0 Å². The molecule has 2 atom stereocenters. The number of anilines is 1. The van der Waals surface area contributed by atoms with E-state index in [0.29, 0.717) is 23.5 Å². The Kier molecular flexibility index (Phi) is 6.88. The lowest BCUT2D eigenvalue weighted by Gasteiger charge is -2.17. The van der Waals surface area contributed by atoms with Crippen LogP contribution in [-0.4, -0.2) is 37.2 Å². The Morgan fingerprint density at radius 1 is 1.17 bits per heavy atom. The average Bonchev–Trinajstić information content (AvgIpc) is 3.19. The molecule has 1 saturated heterocycles. The van der Waals surface area contributed by atoms with Gasteiger partial charge in [-0.1, -0.05) is 18.2 Å². The van der Waals surface area contributed by atoms with Crippen molar-refractivity contribution in [3.05, 3.63) is 59.2 Å². The van der Waals surface area contributed by atoms with Gasteiger partial charge < -0.3 is 20.1 Å². The quantitative estimate of drug-likeness (QED) is 0.749. The predicted octanol–water partition coefficient (Wildman–Crippen LogP) is 3.62. The van der Waals surface area contributed by atoms with Crippen LogP contribution in [0, 0.1) is 13.8 Å². The smallest absolute Gasteiger partial charge is 0.265 e. The number of hydrogen-bond donors (Lipinski definition) is 2. The molecule has 1 fully saturated rings. The summed E-state index contributed by atoms with van der Waals surface area (Å²) < 4.78 is 11.3. The molecule has 6 heteroatoms. The second kappa shape index (κ2) is 9.56. The zero-order valence-corrected chi connectivity index (χ0v) is 17.2. The predicted molar refractivity (Wildman–Crippen MR) is 112 cm³/mol. The van der Waals surface area contributed by atoms with Crippen LogP contribution in [0.15, 0.2) is 42.5 Å². The molecule has 2 aromatic carbocycles. The maximum Gasteiger partial charge on any atom is 0.265 e. The largest absolute Gasteiger partial charge is 0.481 e. The van der Waals surface area contributed by atoms with E-state index in [0.717, 1.165) is 30.6 Å². The Bertz CT molecular complexity index is 855. The second-order valence-corrected chi connectivity index (χ2v) is 7.46. The highest BCUT2D eigenvalue weighted by Gasteiger charge is 2.20. The number of carbonyl (C=O) groups is 2. The lowest BCUT2D eigenvalue weighted by Crippen LogP contribution is -2.34. The van der Waals surface area contributed by atoms with Gasteiger partial charge in [-0.25, -0.2) is 0 Å². The number of nitrogens with one attached hydrogen (secondary N) is 2. The Morgan fingerprint density at radius 2 is 1.90 bits per heavy atom. The molecule has 0 aliphatic carbocycles. The molecule has 154 valence electrons. The first kappa shape index (κ1) is 20.9. The highest BCUT2D eigenvalue weighted by molar-refractivity contribution is 6.04. The summed E-state index contributed by atoms with van der Waals surface area (Å²) in [5, 5.41) is 5.70. The second-order valence-electron chi connectivity index (χ2n) is 7.46. The molecule has 2 N–H and O–H groups in total. The minimum absolute atomic E-state index is 0.0620. The average molecular weight is 396 g/mol. The lowest BCUT2D eigenvalue weighted by molar-refractivity contribution is -0.122. The van der Waals surface area contributed by atoms with Crippen LogP contribution in [0.2, 0.25) is 0 Å². The van der Waals surface area contributed by atoms with Gasteiger partial charge in [-0.15, -0.1) is 0 Å². The monoisotopic (exact) mass is 396 g/mol. The van der Waals surface area contributed by atoms with Crippen LogP contribution in [0.25, 0.3) is 0 Å². The summed E-state index contributed by atoms with van der Waals surface area (Å²) in [6.07, 6.45) is 1.32. The van der Waals surface area contributed by atoms with Gasteiger partial charge in [0.1, 0.15) is 5.75 Å². The van der Waals surface area contributed by atoms with Crippen LogP contribution in [0.1, 0.15) is 41.3 Å². The van der Waals surface area contributed by atoms with Crippen LogP contribution in [-0.2, 0) is 9.53 Å². The molecule has 3 rings (SSSR count). The van der Waals surface area contributed by atoms with E-state index in [9.17, 15) is 9.59 Å². The Labute approximate surface area is 171 Å². The molecule has 0 spiro atoms. The van der Waals surface area contributed by atoms with Crippen molar-refractivity contribution in [3.63, 3.8) is 0 Å². The summed E-state index contributed by atoms with van der Waals surface area (Å²) in [4.78, 5) is 25.2. The van der Waals surface area contributed by atoms with Crippen LogP contribution < -0.4 is 15.4 Å². The maximum atomic E-state index is 12.6. The van der Waals surface area contributed by atoms with Crippen molar-refractivity contribution in [2.75, 3.05) is 18.5 Å². The first-order chi connectivity index (χ1) is 13.9. The first-order valence-corrected chi connectivity index (χ1v) is 9.97. The minimum atomic E-state index is -0.709. The summed E-state index contributed by atoms with van der Waals surface area (Å²) in [5.74, 6) is 0.0931. The van der Waals surface area contributed by atoms with Gasteiger partial charge in [0.15, 0.2) is 6.10 Å². The molecule has 0 aromatic heterocycles. The van der Waals surface area contributed by atoms with Gasteiger partial charge in [0, 0.05) is 13.2 Å². The van der Waals surface area contributed by atoms with Crippen LogP contribution in [0.4, 0.5) is 5.69 Å². The molecule has 6 nitrogen and oxygen atoms in total. The maximum absolute atomic E-state index is 12.6. The minimum Gasteiger partial charge on any atom is -0.481 e. The molecular weight excluding hydrogens is 368 g/mol. The highest BCUT2D eigenvalue weighted by Crippen LogP contribution is 2.20. The van der Waals surface area contributed by atoms with E-state index in [1.54, 1.807) is 31.2 Å². The van der Waals surface area contributed by atoms with E-state index < -0.39 is 6.10 Å². The summed E-state index contributed by atoms with van der Waals surface area (Å²) in [6, 6.07) is 12.8. The molecule has 29 heavy (non-hydrogen) atoms. The number of ether oxygens (including phenoxy) is 2. The van der Waals surface area contributed by atoms with E-state index in [2.05, 4.69) is 10.6 Å². The van der Waals surface area contributed by atoms with E-state index in [4.69, 9.17) is 9.47 Å². The van der Waals surface area contributed by atoms with Crippen LogP contribution in [0.5, 0.6) is 5.75 Å². The molecule has 1 heterocycles. The van der Waals surface area contributed by atoms with Gasteiger partial charge in [-0.05, 0) is 69.0 Å². The summed E-state index contributed by atoms with van der Waals surface area (Å²) in [6.45, 7) is 6.86. The normalized spacial score (nSPS) is 16.9. The van der Waals surface area contributed by atoms with Crippen molar-refractivity contribution in [1.82, 2.24) is 5.32 Å². The van der Waals surface area contributed by atoms with Crippen molar-refractivity contribution in [2.24, 2.45) is 0 Å². The topological polar surface area (TPSA) is 76.7 Å². The number of aryl methyl sites for hydroxylation is 2. The van der Waals surface area contributed by atoms with Crippen molar-refractivity contribution in [1.29, 1.82) is 0 Å². The molecule has 0 saturated carbocycles. The number of hydrogen-bond acceptors (Lipinski definition) is 4. The van der Waals surface area contributed by atoms with Crippen LogP contribution >= 0.6 is 0 Å². The molecule has 2 aromatic rings. The van der Waals surface area contributed by atoms with Gasteiger partial charge in [0.2, 0.25) is 0 Å². The van der Waals surface area contributed by atoms with E-state index in [1.807, 2.05) is 32.0 Å². The third-order valence-electron chi connectivity index (χ3n) is 4.82. The molecule has 0 bridgehead atoms. The zero-order chi connectivity index (χ0) is 20.8. The molecule has 1 aliphatic rings. The van der Waals surface area contributed by atoms with Crippen molar-refractivity contribution < 1.29 is 19.1 Å². The van der Waals surface area contributed by atoms with Crippen molar-refractivity contribution in [3.8, 4) is 5.75 Å². The number of rotatable bonds is 7. The highest BCUT2D eigenvalue weighted by atomic mass is 16.5. The van der Waals surface area contributed by atoms with Gasteiger partial charge in [0.05, 0.1) is 17.4 Å². The fourth-order valence-corrected chi connectivity index (χ4v) is 3.39. The number of amides is 2. The summed E-state index contributed by atoms with van der Waals surface area (Å²) >= 11 is 0. The molecule has 0 radical (unpaired) electrons.